The first-order valence-electron chi connectivity index (χ1n) is 19.4. The van der Waals surface area contributed by atoms with E-state index in [-0.39, 0.29) is 0 Å². The summed E-state index contributed by atoms with van der Waals surface area (Å²) in [5.74, 6) is 0. The standard InChI is InChI=1S/C54H36N2O/c1-3-11-37(12-4-1)39-19-26-43(27-20-39)55(46-32-34-50-49-33-25-42(38-13-5-2-6-14-38)35-53(49)57-54(50)36-46)44-28-21-40(22-29-44)41-23-30-45(31-24-41)56-51-17-9-7-15-47(51)48-16-8-10-18-52(48)56/h1-36H. The van der Waals surface area contributed by atoms with Gasteiger partial charge in [-0.3, -0.25) is 0 Å². The molecule has 0 atom stereocenters. The van der Waals surface area contributed by atoms with Crippen molar-refractivity contribution in [2.24, 2.45) is 0 Å². The zero-order valence-electron chi connectivity index (χ0n) is 31.1. The lowest BCUT2D eigenvalue weighted by molar-refractivity contribution is 0.669. The molecule has 0 aliphatic heterocycles. The van der Waals surface area contributed by atoms with Gasteiger partial charge in [-0.25, -0.2) is 0 Å². The predicted molar refractivity (Wildman–Crippen MR) is 239 cm³/mol. The molecule has 0 saturated carbocycles. The van der Waals surface area contributed by atoms with Gasteiger partial charge in [0.25, 0.3) is 0 Å². The van der Waals surface area contributed by atoms with Crippen molar-refractivity contribution in [2.45, 2.75) is 0 Å². The van der Waals surface area contributed by atoms with Crippen LogP contribution in [0.3, 0.4) is 0 Å². The first kappa shape index (κ1) is 32.8. The molecule has 0 amide bonds. The monoisotopic (exact) mass is 728 g/mol. The largest absolute Gasteiger partial charge is 0.456 e. The molecule has 2 heterocycles. The van der Waals surface area contributed by atoms with Gasteiger partial charge in [-0.2, -0.15) is 0 Å². The Morgan fingerprint density at radius 1 is 0.298 bits per heavy atom. The highest BCUT2D eigenvalue weighted by Crippen LogP contribution is 2.41. The van der Waals surface area contributed by atoms with Gasteiger partial charge in [0.15, 0.2) is 0 Å². The lowest BCUT2D eigenvalue weighted by atomic mass is 10.0. The van der Waals surface area contributed by atoms with Crippen LogP contribution >= 0.6 is 0 Å². The molecular weight excluding hydrogens is 693 g/mol. The van der Waals surface area contributed by atoms with E-state index in [1.54, 1.807) is 0 Å². The Labute approximate surface area is 330 Å². The van der Waals surface area contributed by atoms with Crippen molar-refractivity contribution in [1.82, 2.24) is 4.57 Å². The van der Waals surface area contributed by atoms with Crippen molar-refractivity contribution >= 4 is 60.8 Å². The van der Waals surface area contributed by atoms with Gasteiger partial charge >= 0.3 is 0 Å². The summed E-state index contributed by atoms with van der Waals surface area (Å²) >= 11 is 0. The number of anilines is 3. The van der Waals surface area contributed by atoms with E-state index in [2.05, 4.69) is 222 Å². The third kappa shape index (κ3) is 5.76. The second kappa shape index (κ2) is 13.6. The number of furan rings is 1. The van der Waals surface area contributed by atoms with E-state index in [1.165, 1.54) is 44.1 Å². The maximum absolute atomic E-state index is 6.59. The van der Waals surface area contributed by atoms with Crippen LogP contribution in [0.5, 0.6) is 0 Å². The van der Waals surface area contributed by atoms with Crippen molar-refractivity contribution in [2.75, 3.05) is 4.90 Å². The first-order valence-corrected chi connectivity index (χ1v) is 19.4. The van der Waals surface area contributed by atoms with Crippen molar-refractivity contribution in [3.05, 3.63) is 218 Å². The summed E-state index contributed by atoms with van der Waals surface area (Å²) < 4.78 is 8.95. The summed E-state index contributed by atoms with van der Waals surface area (Å²) in [7, 11) is 0. The van der Waals surface area contributed by atoms with E-state index >= 15 is 0 Å². The molecule has 0 aliphatic carbocycles. The maximum Gasteiger partial charge on any atom is 0.137 e. The molecule has 0 N–H and O–H groups in total. The fourth-order valence-electron chi connectivity index (χ4n) is 8.40. The van der Waals surface area contributed by atoms with E-state index in [1.807, 2.05) is 6.07 Å². The van der Waals surface area contributed by atoms with Gasteiger partial charge in [-0.05, 0) is 106 Å². The Balaban J connectivity index is 0.963. The Morgan fingerprint density at radius 2 is 0.702 bits per heavy atom. The number of aromatic nitrogens is 1. The van der Waals surface area contributed by atoms with Gasteiger partial charge in [0.2, 0.25) is 0 Å². The van der Waals surface area contributed by atoms with E-state index in [4.69, 9.17) is 4.42 Å². The highest BCUT2D eigenvalue weighted by molar-refractivity contribution is 6.09. The van der Waals surface area contributed by atoms with Crippen LogP contribution in [0.15, 0.2) is 223 Å². The number of para-hydroxylation sites is 2. The molecular formula is C54H36N2O. The number of rotatable bonds is 7. The van der Waals surface area contributed by atoms with Crippen LogP contribution in [0.1, 0.15) is 0 Å². The summed E-state index contributed by atoms with van der Waals surface area (Å²) in [6, 6.07) is 78.0. The number of hydrogen-bond acceptors (Lipinski definition) is 2. The molecule has 57 heavy (non-hydrogen) atoms. The first-order chi connectivity index (χ1) is 28.2. The summed E-state index contributed by atoms with van der Waals surface area (Å²) in [5.41, 5.74) is 15.5. The molecule has 268 valence electrons. The topological polar surface area (TPSA) is 21.3 Å². The number of nitrogens with zero attached hydrogens (tertiary/aromatic N) is 2. The highest BCUT2D eigenvalue weighted by atomic mass is 16.3. The van der Waals surface area contributed by atoms with Crippen molar-refractivity contribution in [1.29, 1.82) is 0 Å². The summed E-state index contributed by atoms with van der Waals surface area (Å²) in [6.07, 6.45) is 0. The SMILES string of the molecule is c1ccc(-c2ccc(N(c3ccc(-c4ccc(-n5c6ccccc6c6ccccc65)cc4)cc3)c3ccc4c(c3)oc3cc(-c5ccccc5)ccc34)cc2)cc1. The number of fused-ring (bicyclic) bond motifs is 6. The molecule has 0 spiro atoms. The van der Waals surface area contributed by atoms with Crippen molar-refractivity contribution in [3.8, 4) is 39.1 Å². The second-order valence-electron chi connectivity index (χ2n) is 14.6. The van der Waals surface area contributed by atoms with Crippen LogP contribution in [0.2, 0.25) is 0 Å². The summed E-state index contributed by atoms with van der Waals surface area (Å²) in [5, 5.41) is 4.75. The molecule has 11 aromatic rings. The lowest BCUT2D eigenvalue weighted by Crippen LogP contribution is -2.09. The number of hydrogen-bond donors (Lipinski definition) is 0. The summed E-state index contributed by atoms with van der Waals surface area (Å²) in [6.45, 7) is 0. The fourth-order valence-corrected chi connectivity index (χ4v) is 8.40. The van der Waals surface area contributed by atoms with Crippen LogP contribution in [0.25, 0.3) is 82.8 Å². The minimum Gasteiger partial charge on any atom is -0.456 e. The molecule has 3 heteroatoms. The second-order valence-corrected chi connectivity index (χ2v) is 14.6. The van der Waals surface area contributed by atoms with Crippen molar-refractivity contribution in [3.63, 3.8) is 0 Å². The molecule has 0 saturated heterocycles. The molecule has 0 radical (unpaired) electrons. The van der Waals surface area contributed by atoms with Crippen molar-refractivity contribution < 1.29 is 4.42 Å². The van der Waals surface area contributed by atoms with Crippen LogP contribution in [0.4, 0.5) is 17.1 Å². The molecule has 3 nitrogen and oxygen atoms in total. The molecule has 0 bridgehead atoms. The Kier molecular flexibility index (Phi) is 7.82. The summed E-state index contributed by atoms with van der Waals surface area (Å²) in [4.78, 5) is 2.31. The molecule has 0 unspecified atom stereocenters. The Morgan fingerprint density at radius 3 is 1.26 bits per heavy atom. The van der Waals surface area contributed by atoms with Crippen LogP contribution in [-0.2, 0) is 0 Å². The highest BCUT2D eigenvalue weighted by Gasteiger charge is 2.17. The third-order valence-electron chi connectivity index (χ3n) is 11.2. The van der Waals surface area contributed by atoms with Crippen LogP contribution in [0, 0.1) is 0 Å². The van der Waals surface area contributed by atoms with E-state index in [0.717, 1.165) is 55.8 Å². The van der Waals surface area contributed by atoms with E-state index in [0.29, 0.717) is 0 Å². The fraction of sp³-hybridized carbons (Fsp3) is 0. The maximum atomic E-state index is 6.59. The Bertz CT molecular complexity index is 3140. The average Bonchev–Trinajstić information content (AvgIpc) is 3.83. The smallest absolute Gasteiger partial charge is 0.137 e. The van der Waals surface area contributed by atoms with Gasteiger partial charge in [-0.1, -0.05) is 140 Å². The molecule has 0 fully saturated rings. The zero-order valence-corrected chi connectivity index (χ0v) is 31.1. The lowest BCUT2D eigenvalue weighted by Gasteiger charge is -2.26. The van der Waals surface area contributed by atoms with Gasteiger partial charge in [0.1, 0.15) is 11.2 Å². The average molecular weight is 729 g/mol. The predicted octanol–water partition coefficient (Wildman–Crippen LogP) is 15.2. The van der Waals surface area contributed by atoms with Gasteiger partial charge < -0.3 is 13.9 Å². The minimum absolute atomic E-state index is 0.860. The van der Waals surface area contributed by atoms with Crippen LogP contribution in [-0.4, -0.2) is 4.57 Å². The van der Waals surface area contributed by atoms with Gasteiger partial charge in [0, 0.05) is 50.4 Å². The normalized spacial score (nSPS) is 11.5. The number of benzene rings is 9. The molecule has 2 aromatic heterocycles. The minimum atomic E-state index is 0.860. The van der Waals surface area contributed by atoms with E-state index < -0.39 is 0 Å². The van der Waals surface area contributed by atoms with E-state index in [9.17, 15) is 0 Å². The zero-order chi connectivity index (χ0) is 37.7. The Hall–Kier alpha value is -7.62. The molecule has 0 aliphatic rings. The van der Waals surface area contributed by atoms with Crippen LogP contribution < -0.4 is 4.90 Å². The molecule has 9 aromatic carbocycles. The molecule has 11 rings (SSSR count). The third-order valence-corrected chi connectivity index (χ3v) is 11.2. The van der Waals surface area contributed by atoms with Gasteiger partial charge in [0.05, 0.1) is 11.0 Å². The van der Waals surface area contributed by atoms with Gasteiger partial charge in [-0.15, -0.1) is 0 Å². The quantitative estimate of drug-likeness (QED) is 0.163.